The van der Waals surface area contributed by atoms with Gasteiger partial charge in [-0.15, -0.1) is 0 Å². The molecule has 0 aromatic rings. The molecule has 0 saturated heterocycles. The molecular weight excluding hydrogens is 72.0 g/mol. The van der Waals surface area contributed by atoms with Crippen LogP contribution >= 0.6 is 0 Å². The van der Waals surface area contributed by atoms with E-state index in [9.17, 15) is 0 Å². The van der Waals surface area contributed by atoms with E-state index in [0.717, 1.165) is 0 Å². The Hall–Kier alpha value is -0.640. The molecular formula is CH5N2O2+. The number of nitrogens with zero attached hydrogens (tertiary/aromatic N) is 1. The molecule has 0 aliphatic carbocycles. The van der Waals surface area contributed by atoms with E-state index in [2.05, 4.69) is 5.73 Å². The minimum Gasteiger partial charge on any atom is -0.267 e. The van der Waals surface area contributed by atoms with Gasteiger partial charge in [0.2, 0.25) is 4.92 Å². The standard InChI is InChI=1S/CH5N2O2/c2-1-3(4)5/h1-2H2,(H,4,5)/q+1. The van der Waals surface area contributed by atoms with E-state index in [1.807, 2.05) is 0 Å². The number of rotatable bonds is 1. The van der Waals surface area contributed by atoms with Crippen LogP contribution in [0.25, 0.3) is 0 Å². The third-order valence-electron chi connectivity index (χ3n) is 0.156. The van der Waals surface area contributed by atoms with Crippen molar-refractivity contribution in [2.24, 2.45) is 5.73 Å². The second-order valence-corrected chi connectivity index (χ2v) is 0.535. The summed E-state index contributed by atoms with van der Waals surface area (Å²) in [5.74, 6) is 0. The zero-order chi connectivity index (χ0) is 4.28. The molecule has 0 aromatic carbocycles. The third kappa shape index (κ3) is 3.36. The molecule has 0 aliphatic rings. The van der Waals surface area contributed by atoms with Crippen molar-refractivity contribution in [2.75, 3.05) is 6.67 Å². The highest BCUT2D eigenvalue weighted by Gasteiger charge is 1.88. The predicted molar refractivity (Wildman–Crippen MR) is 14.5 cm³/mol. The van der Waals surface area contributed by atoms with Gasteiger partial charge in [0.25, 0.3) is 6.67 Å². The first-order valence-electron chi connectivity index (χ1n) is 1.11. The lowest BCUT2D eigenvalue weighted by Gasteiger charge is -1.63. The molecule has 0 radical (unpaired) electrons. The van der Waals surface area contributed by atoms with Crippen LogP contribution in [-0.2, 0) is 0 Å². The molecule has 0 heterocycles. The summed E-state index contributed by atoms with van der Waals surface area (Å²) in [5, 5.41) is 7.51. The van der Waals surface area contributed by atoms with Gasteiger partial charge in [-0.1, -0.05) is 0 Å². The van der Waals surface area contributed by atoms with Crippen molar-refractivity contribution in [3.05, 3.63) is 4.91 Å². The van der Waals surface area contributed by atoms with Gasteiger partial charge in [-0.05, 0) is 0 Å². The molecule has 4 nitrogen and oxygen atoms in total. The second kappa shape index (κ2) is 1.66. The van der Waals surface area contributed by atoms with E-state index >= 15 is 0 Å². The number of hydrogen-bond donors (Lipinski definition) is 2. The normalized spacial score (nSPS) is 7.40. The van der Waals surface area contributed by atoms with Crippen molar-refractivity contribution in [3.63, 3.8) is 0 Å². The van der Waals surface area contributed by atoms with Gasteiger partial charge < -0.3 is 0 Å². The van der Waals surface area contributed by atoms with Crippen LogP contribution in [0.4, 0.5) is 0 Å². The molecule has 0 spiro atoms. The van der Waals surface area contributed by atoms with Crippen LogP contribution in [-0.4, -0.2) is 16.8 Å². The maximum atomic E-state index is 9.16. The molecule has 0 fully saturated rings. The topological polar surface area (TPSA) is 66.3 Å². The Bertz CT molecular complexity index is 42.9. The predicted octanol–water partition coefficient (Wildman–Crippen LogP) is -0.929. The van der Waals surface area contributed by atoms with Gasteiger partial charge in [-0.25, -0.2) is 5.21 Å². The van der Waals surface area contributed by atoms with Gasteiger partial charge in [0.05, 0.1) is 4.91 Å². The molecule has 0 atom stereocenters. The van der Waals surface area contributed by atoms with E-state index in [1.165, 1.54) is 0 Å². The van der Waals surface area contributed by atoms with Crippen LogP contribution in [0, 0.1) is 4.91 Å². The molecule has 0 aromatic heterocycles. The van der Waals surface area contributed by atoms with Crippen molar-refractivity contribution in [3.8, 4) is 0 Å². The van der Waals surface area contributed by atoms with Crippen molar-refractivity contribution in [1.29, 1.82) is 0 Å². The quantitative estimate of drug-likeness (QED) is 0.314. The van der Waals surface area contributed by atoms with Crippen LogP contribution in [0.2, 0.25) is 0 Å². The van der Waals surface area contributed by atoms with Crippen LogP contribution < -0.4 is 5.73 Å². The average molecular weight is 77.1 g/mol. The fourth-order valence-corrected chi connectivity index (χ4v) is 0. The van der Waals surface area contributed by atoms with E-state index in [1.54, 1.807) is 0 Å². The number of nitrogens with two attached hydrogens (primary N) is 1. The smallest absolute Gasteiger partial charge is 0.267 e. The Morgan fingerprint density at radius 1 is 2.00 bits per heavy atom. The molecule has 0 unspecified atom stereocenters. The molecule has 30 valence electrons. The minimum absolute atomic E-state index is 0.347. The van der Waals surface area contributed by atoms with E-state index < -0.39 is 0 Å². The van der Waals surface area contributed by atoms with Crippen LogP contribution in [0.15, 0.2) is 0 Å². The zero-order valence-corrected chi connectivity index (χ0v) is 2.59. The van der Waals surface area contributed by atoms with Crippen LogP contribution in [0.5, 0.6) is 0 Å². The second-order valence-electron chi connectivity index (χ2n) is 0.535. The van der Waals surface area contributed by atoms with Gasteiger partial charge in [-0.2, -0.15) is 0 Å². The Morgan fingerprint density at radius 2 is 2.20 bits per heavy atom. The Morgan fingerprint density at radius 3 is 2.20 bits per heavy atom. The molecule has 0 rings (SSSR count). The zero-order valence-electron chi connectivity index (χ0n) is 2.59. The molecule has 4 heteroatoms. The first-order chi connectivity index (χ1) is 2.27. The van der Waals surface area contributed by atoms with Gasteiger partial charge in [0.1, 0.15) is 0 Å². The van der Waals surface area contributed by atoms with Crippen molar-refractivity contribution in [1.82, 2.24) is 0 Å². The lowest BCUT2D eigenvalue weighted by molar-refractivity contribution is -0.790. The fourth-order valence-electron chi connectivity index (χ4n) is 0. The fraction of sp³-hybridized carbons (Fsp3) is 1.00. The van der Waals surface area contributed by atoms with Crippen LogP contribution in [0.3, 0.4) is 0 Å². The summed E-state index contributed by atoms with van der Waals surface area (Å²) < 4.78 is 0. The maximum Gasteiger partial charge on any atom is 0.299 e. The Labute approximate surface area is 28.7 Å². The van der Waals surface area contributed by atoms with E-state index in [0.29, 0.717) is 0 Å². The van der Waals surface area contributed by atoms with Crippen molar-refractivity contribution in [2.45, 2.75) is 0 Å². The molecule has 0 bridgehead atoms. The van der Waals surface area contributed by atoms with Crippen LogP contribution in [0.1, 0.15) is 0 Å². The van der Waals surface area contributed by atoms with Gasteiger partial charge in [-0.3, -0.25) is 5.73 Å². The van der Waals surface area contributed by atoms with Gasteiger partial charge in [0.15, 0.2) is 0 Å². The summed E-state index contributed by atoms with van der Waals surface area (Å²) >= 11 is 0. The molecule has 0 amide bonds. The molecule has 5 heavy (non-hydrogen) atoms. The monoisotopic (exact) mass is 77.0 g/mol. The number of hydrogen-bond acceptors (Lipinski definition) is 2. The highest BCUT2D eigenvalue weighted by atomic mass is 16.6. The van der Waals surface area contributed by atoms with E-state index in [4.69, 9.17) is 10.1 Å². The van der Waals surface area contributed by atoms with Crippen molar-refractivity contribution >= 4 is 0 Å². The summed E-state index contributed by atoms with van der Waals surface area (Å²) in [6.07, 6.45) is 0. The van der Waals surface area contributed by atoms with Gasteiger partial charge in [0, 0.05) is 0 Å². The summed E-state index contributed by atoms with van der Waals surface area (Å²) in [6, 6.07) is 0. The largest absolute Gasteiger partial charge is 0.299 e. The Kier molecular flexibility index (Phi) is 1.45. The maximum absolute atomic E-state index is 9.16. The highest BCUT2D eigenvalue weighted by molar-refractivity contribution is 3.84. The molecule has 3 N–H and O–H groups in total. The summed E-state index contributed by atoms with van der Waals surface area (Å²) in [6.45, 7) is -0.361. The Balaban J connectivity index is 2.85. The third-order valence-corrected chi connectivity index (χ3v) is 0.156. The summed E-state index contributed by atoms with van der Waals surface area (Å²) in [7, 11) is 0. The lowest BCUT2D eigenvalue weighted by Crippen LogP contribution is -2.12. The lowest BCUT2D eigenvalue weighted by atomic mass is 11.2. The first-order valence-corrected chi connectivity index (χ1v) is 1.11. The van der Waals surface area contributed by atoms with Gasteiger partial charge >= 0.3 is 0 Å². The molecule has 0 saturated carbocycles. The molecule has 0 aliphatic heterocycles. The van der Waals surface area contributed by atoms with Crippen molar-refractivity contribution < 1.29 is 10.1 Å². The first kappa shape index (κ1) is 4.36. The minimum atomic E-state index is -0.361. The highest BCUT2D eigenvalue weighted by Crippen LogP contribution is 1.43. The summed E-state index contributed by atoms with van der Waals surface area (Å²) in [4.78, 5) is 8.81. The summed E-state index contributed by atoms with van der Waals surface area (Å²) in [5.41, 5.74) is 4.53. The van der Waals surface area contributed by atoms with E-state index in [-0.39, 0.29) is 11.6 Å². The average Bonchev–Trinajstić information content (AvgIpc) is 1.38. The SMILES string of the molecule is NC[N+](=O)O.